The van der Waals surface area contributed by atoms with E-state index in [-0.39, 0.29) is 11.9 Å². The molecular formula is C22H27N5O2. The fraction of sp³-hybridized carbons (Fsp3) is 0.273. The number of nitrogen functional groups attached to an aromatic ring is 1. The molecule has 0 unspecified atom stereocenters. The number of nitrogens with one attached hydrogen (secondary N) is 2. The molecule has 1 aromatic heterocycles. The second kappa shape index (κ2) is 9.14. The van der Waals surface area contributed by atoms with Crippen LogP contribution in [0.3, 0.4) is 0 Å². The van der Waals surface area contributed by atoms with Crippen LogP contribution in [0, 0.1) is 5.41 Å². The van der Waals surface area contributed by atoms with Crippen LogP contribution >= 0.6 is 0 Å². The fourth-order valence-corrected chi connectivity index (χ4v) is 2.97. The van der Waals surface area contributed by atoms with Gasteiger partial charge in [-0.2, -0.15) is 0 Å². The van der Waals surface area contributed by atoms with Gasteiger partial charge in [0.25, 0.3) is 0 Å². The van der Waals surface area contributed by atoms with Gasteiger partial charge in [0, 0.05) is 35.4 Å². The molecule has 0 aliphatic carbocycles. The number of H-pyrrole nitrogens is 1. The highest BCUT2D eigenvalue weighted by Crippen LogP contribution is 2.36. The van der Waals surface area contributed by atoms with E-state index in [1.54, 1.807) is 12.4 Å². The molecule has 0 aliphatic rings. The number of benzene rings is 2. The first-order valence-electron chi connectivity index (χ1n) is 9.61. The number of ether oxygens (including phenoxy) is 2. The number of nitrogens with two attached hydrogens (primary N) is 1. The first-order valence-corrected chi connectivity index (χ1v) is 9.61. The molecule has 7 heteroatoms. The van der Waals surface area contributed by atoms with Crippen LogP contribution in [0.2, 0.25) is 0 Å². The quantitative estimate of drug-likeness (QED) is 0.373. The Kier molecular flexibility index (Phi) is 6.39. The minimum atomic E-state index is 0.0444. The normalized spacial score (nSPS) is 10.8. The summed E-state index contributed by atoms with van der Waals surface area (Å²) in [5.74, 6) is 2.29. The highest BCUT2D eigenvalue weighted by atomic mass is 16.5. The predicted octanol–water partition coefficient (Wildman–Crippen LogP) is 4.22. The number of amidine groups is 1. The van der Waals surface area contributed by atoms with Crippen LogP contribution in [0.4, 0.5) is 11.4 Å². The van der Waals surface area contributed by atoms with Gasteiger partial charge >= 0.3 is 0 Å². The molecule has 0 aliphatic heterocycles. The number of aromatic nitrogens is 2. The van der Waals surface area contributed by atoms with Gasteiger partial charge in [-0.25, -0.2) is 4.98 Å². The summed E-state index contributed by atoms with van der Waals surface area (Å²) in [5, 5.41) is 7.61. The molecule has 4 N–H and O–H groups in total. The highest BCUT2D eigenvalue weighted by Gasteiger charge is 2.16. The van der Waals surface area contributed by atoms with E-state index < -0.39 is 0 Å². The number of imidazole rings is 1. The van der Waals surface area contributed by atoms with Crippen molar-refractivity contribution in [3.8, 4) is 11.5 Å². The number of aromatic amines is 1. The van der Waals surface area contributed by atoms with E-state index in [0.717, 1.165) is 22.9 Å². The summed E-state index contributed by atoms with van der Waals surface area (Å²) in [6.45, 7) is 7.02. The standard InChI is InChI=1S/C22H27N5O2/c1-4-28-20-13-18(9-10-19(20)29-15(2)3)27(14-21-25-11-12-26-21)17-7-5-16(6-8-17)22(23)24/h5-13,15H,4,14H2,1-3H3,(H3,23,24)(H,25,26). The predicted molar refractivity (Wildman–Crippen MR) is 115 cm³/mol. The van der Waals surface area contributed by atoms with Crippen LogP contribution in [0.25, 0.3) is 0 Å². The Balaban J connectivity index is 2.00. The summed E-state index contributed by atoms with van der Waals surface area (Å²) in [7, 11) is 0. The molecule has 3 aromatic rings. The van der Waals surface area contributed by atoms with Crippen LogP contribution < -0.4 is 20.1 Å². The minimum absolute atomic E-state index is 0.0444. The molecule has 7 nitrogen and oxygen atoms in total. The lowest BCUT2D eigenvalue weighted by Crippen LogP contribution is -2.18. The van der Waals surface area contributed by atoms with Gasteiger partial charge in [-0.3, -0.25) is 5.41 Å². The SMILES string of the molecule is CCOc1cc(N(Cc2ncc[nH]2)c2ccc(C(=N)N)cc2)ccc1OC(C)C. The maximum absolute atomic E-state index is 7.61. The zero-order valence-electron chi connectivity index (χ0n) is 17.0. The van der Waals surface area contributed by atoms with Gasteiger partial charge in [-0.1, -0.05) is 0 Å². The maximum Gasteiger partial charge on any atom is 0.163 e. The first kappa shape index (κ1) is 20.3. The Morgan fingerprint density at radius 1 is 1.14 bits per heavy atom. The van der Waals surface area contributed by atoms with Gasteiger partial charge in [0.2, 0.25) is 0 Å². The lowest BCUT2D eigenvalue weighted by molar-refractivity contribution is 0.224. The van der Waals surface area contributed by atoms with Gasteiger partial charge in [0.1, 0.15) is 11.7 Å². The molecule has 3 rings (SSSR count). The lowest BCUT2D eigenvalue weighted by atomic mass is 10.1. The number of hydrogen-bond acceptors (Lipinski definition) is 5. The third-order valence-electron chi connectivity index (χ3n) is 4.25. The molecule has 0 radical (unpaired) electrons. The van der Waals surface area contributed by atoms with E-state index in [1.165, 1.54) is 0 Å². The third kappa shape index (κ3) is 5.07. The largest absolute Gasteiger partial charge is 0.490 e. The molecule has 1 heterocycles. The van der Waals surface area contributed by atoms with Crippen molar-refractivity contribution in [1.82, 2.24) is 9.97 Å². The molecule has 0 spiro atoms. The number of hydrogen-bond donors (Lipinski definition) is 3. The van der Waals surface area contributed by atoms with Crippen molar-refractivity contribution in [1.29, 1.82) is 5.41 Å². The molecule has 29 heavy (non-hydrogen) atoms. The zero-order valence-corrected chi connectivity index (χ0v) is 17.0. The van der Waals surface area contributed by atoms with Crippen molar-refractivity contribution in [2.45, 2.75) is 33.4 Å². The van der Waals surface area contributed by atoms with E-state index in [0.29, 0.717) is 24.5 Å². The summed E-state index contributed by atoms with van der Waals surface area (Å²) < 4.78 is 11.7. The van der Waals surface area contributed by atoms with E-state index in [1.807, 2.05) is 63.2 Å². The van der Waals surface area contributed by atoms with E-state index >= 15 is 0 Å². The van der Waals surface area contributed by atoms with Crippen LogP contribution in [-0.4, -0.2) is 28.5 Å². The number of rotatable bonds is 9. The summed E-state index contributed by atoms with van der Waals surface area (Å²) in [4.78, 5) is 9.63. The molecule has 0 atom stereocenters. The van der Waals surface area contributed by atoms with E-state index in [2.05, 4.69) is 14.9 Å². The molecule has 152 valence electrons. The Labute approximate surface area is 171 Å². The van der Waals surface area contributed by atoms with E-state index in [4.69, 9.17) is 20.6 Å². The number of nitrogens with zero attached hydrogens (tertiary/aromatic N) is 2. The van der Waals surface area contributed by atoms with Crippen LogP contribution in [-0.2, 0) is 6.54 Å². The smallest absolute Gasteiger partial charge is 0.163 e. The van der Waals surface area contributed by atoms with Crippen molar-refractivity contribution in [2.75, 3.05) is 11.5 Å². The van der Waals surface area contributed by atoms with Crippen molar-refractivity contribution < 1.29 is 9.47 Å². The van der Waals surface area contributed by atoms with Crippen LogP contribution in [0.15, 0.2) is 54.9 Å². The molecule has 0 amide bonds. The van der Waals surface area contributed by atoms with Gasteiger partial charge in [-0.15, -0.1) is 0 Å². The Morgan fingerprint density at radius 2 is 1.86 bits per heavy atom. The number of anilines is 2. The first-order chi connectivity index (χ1) is 14.0. The molecule has 0 fully saturated rings. The van der Waals surface area contributed by atoms with Crippen molar-refractivity contribution >= 4 is 17.2 Å². The van der Waals surface area contributed by atoms with Gasteiger partial charge in [-0.05, 0) is 57.2 Å². The fourth-order valence-electron chi connectivity index (χ4n) is 2.97. The van der Waals surface area contributed by atoms with Crippen LogP contribution in [0.5, 0.6) is 11.5 Å². The lowest BCUT2D eigenvalue weighted by Gasteiger charge is -2.26. The molecule has 0 saturated heterocycles. The second-order valence-corrected chi connectivity index (χ2v) is 6.81. The average molecular weight is 393 g/mol. The van der Waals surface area contributed by atoms with Gasteiger partial charge in [0.15, 0.2) is 11.5 Å². The van der Waals surface area contributed by atoms with Gasteiger partial charge < -0.3 is 25.1 Å². The average Bonchev–Trinajstić information content (AvgIpc) is 3.21. The van der Waals surface area contributed by atoms with Crippen molar-refractivity contribution in [3.63, 3.8) is 0 Å². The Hall–Kier alpha value is -3.48. The molecule has 2 aromatic carbocycles. The third-order valence-corrected chi connectivity index (χ3v) is 4.25. The molecule has 0 bridgehead atoms. The van der Waals surface area contributed by atoms with Crippen LogP contribution in [0.1, 0.15) is 32.2 Å². The summed E-state index contributed by atoms with van der Waals surface area (Å²) in [6, 6.07) is 13.5. The van der Waals surface area contributed by atoms with Crippen molar-refractivity contribution in [3.05, 3.63) is 66.2 Å². The molecule has 0 saturated carbocycles. The van der Waals surface area contributed by atoms with Gasteiger partial charge in [0.05, 0.1) is 19.3 Å². The molecular weight excluding hydrogens is 366 g/mol. The second-order valence-electron chi connectivity index (χ2n) is 6.81. The van der Waals surface area contributed by atoms with Crippen molar-refractivity contribution in [2.24, 2.45) is 5.73 Å². The minimum Gasteiger partial charge on any atom is -0.490 e. The monoisotopic (exact) mass is 393 g/mol. The summed E-state index contributed by atoms with van der Waals surface area (Å²) in [5.41, 5.74) is 8.17. The zero-order chi connectivity index (χ0) is 20.8. The topological polar surface area (TPSA) is 100 Å². The Bertz CT molecular complexity index is 936. The highest BCUT2D eigenvalue weighted by molar-refractivity contribution is 5.95. The maximum atomic E-state index is 7.61. The summed E-state index contributed by atoms with van der Waals surface area (Å²) >= 11 is 0. The van der Waals surface area contributed by atoms with E-state index in [9.17, 15) is 0 Å². The Morgan fingerprint density at radius 3 is 2.45 bits per heavy atom. The summed E-state index contributed by atoms with van der Waals surface area (Å²) in [6.07, 6.45) is 3.59.